The summed E-state index contributed by atoms with van der Waals surface area (Å²) in [5.41, 5.74) is 2.69. The Balaban J connectivity index is 3.21. The number of nitrogens with zero attached hydrogens (tertiary/aromatic N) is 2. The van der Waals surface area contributed by atoms with Crippen LogP contribution in [0.4, 0.5) is 0 Å². The molecule has 4 heteroatoms. The number of alkyl halides is 1. The molecule has 0 atom stereocenters. The molecule has 0 saturated carbocycles. The molecule has 0 spiro atoms. The third-order valence-electron chi connectivity index (χ3n) is 2.28. The minimum atomic E-state index is -0.257. The first-order chi connectivity index (χ1) is 6.65. The molecule has 0 amide bonds. The van der Waals surface area contributed by atoms with Crippen molar-refractivity contribution < 1.29 is 0 Å². The van der Waals surface area contributed by atoms with Gasteiger partial charge in [-0.05, 0) is 13.8 Å². The van der Waals surface area contributed by atoms with Crippen LogP contribution in [0, 0.1) is 28.6 Å². The Kier molecular flexibility index (Phi) is 3.17. The monoisotopic (exact) mass is 207 g/mol. The van der Waals surface area contributed by atoms with Crippen LogP contribution in [-0.2, 0) is 0 Å². The van der Waals surface area contributed by atoms with E-state index in [0.717, 1.165) is 11.4 Å². The van der Waals surface area contributed by atoms with Crippen LogP contribution in [0.25, 0.3) is 0 Å². The largest absolute Gasteiger partial charge is 0.361 e. The van der Waals surface area contributed by atoms with E-state index < -0.39 is 0 Å². The lowest BCUT2D eigenvalue weighted by atomic mass is 9.88. The van der Waals surface area contributed by atoms with Gasteiger partial charge >= 0.3 is 0 Å². The van der Waals surface area contributed by atoms with Gasteiger partial charge in [0.1, 0.15) is 0 Å². The lowest BCUT2D eigenvalue weighted by Crippen LogP contribution is -2.25. The fraction of sp³-hybridized carbons (Fsp3) is 0.400. The Morgan fingerprint density at radius 3 is 1.93 bits per heavy atom. The van der Waals surface area contributed by atoms with Gasteiger partial charge in [-0.15, -0.1) is 11.6 Å². The lowest BCUT2D eigenvalue weighted by Gasteiger charge is -2.23. The summed E-state index contributed by atoms with van der Waals surface area (Å²) in [4.78, 5) is 0. The maximum absolute atomic E-state index is 8.92. The average molecular weight is 208 g/mol. The van der Waals surface area contributed by atoms with Crippen LogP contribution < -0.4 is 5.32 Å². The van der Waals surface area contributed by atoms with Gasteiger partial charge in [-0.1, -0.05) is 0 Å². The third-order valence-corrected chi connectivity index (χ3v) is 2.58. The second-order valence-corrected chi connectivity index (χ2v) is 3.44. The zero-order chi connectivity index (χ0) is 10.7. The molecule has 1 aliphatic heterocycles. The molecule has 0 aromatic rings. The Hall–Kier alpha value is -1.45. The van der Waals surface area contributed by atoms with Crippen LogP contribution in [0.5, 0.6) is 0 Å². The van der Waals surface area contributed by atoms with Crippen molar-refractivity contribution >= 4 is 11.6 Å². The van der Waals surface area contributed by atoms with Gasteiger partial charge in [0.25, 0.3) is 0 Å². The van der Waals surface area contributed by atoms with Crippen molar-refractivity contribution in [3.8, 4) is 12.1 Å². The second kappa shape index (κ2) is 4.17. The van der Waals surface area contributed by atoms with E-state index in [1.54, 1.807) is 0 Å². The van der Waals surface area contributed by atoms with Crippen LogP contribution in [0.2, 0.25) is 0 Å². The van der Waals surface area contributed by atoms with Gasteiger partial charge in [-0.2, -0.15) is 10.5 Å². The molecule has 1 rings (SSSR count). The van der Waals surface area contributed by atoms with Crippen LogP contribution >= 0.6 is 11.6 Å². The van der Waals surface area contributed by atoms with Gasteiger partial charge in [0.15, 0.2) is 0 Å². The number of dihydropyridines is 1. The lowest BCUT2D eigenvalue weighted by molar-refractivity contribution is 0.751. The number of hydrogen-bond acceptors (Lipinski definition) is 3. The number of hydrogen-bond donors (Lipinski definition) is 1. The fourth-order valence-corrected chi connectivity index (χ4v) is 1.87. The average Bonchev–Trinajstić information content (AvgIpc) is 2.16. The van der Waals surface area contributed by atoms with Gasteiger partial charge in [-0.3, -0.25) is 0 Å². The van der Waals surface area contributed by atoms with Gasteiger partial charge in [0.2, 0.25) is 0 Å². The summed E-state index contributed by atoms with van der Waals surface area (Å²) in [5.74, 6) is 0.00946. The van der Waals surface area contributed by atoms with Crippen LogP contribution in [-0.4, -0.2) is 5.88 Å². The van der Waals surface area contributed by atoms with Crippen molar-refractivity contribution in [1.82, 2.24) is 5.32 Å². The highest BCUT2D eigenvalue weighted by Crippen LogP contribution is 2.29. The molecule has 1 N–H and O–H groups in total. The summed E-state index contributed by atoms with van der Waals surface area (Å²) in [6, 6.07) is 4.17. The van der Waals surface area contributed by atoms with E-state index in [2.05, 4.69) is 17.5 Å². The second-order valence-electron chi connectivity index (χ2n) is 3.13. The van der Waals surface area contributed by atoms with E-state index in [0.29, 0.717) is 11.1 Å². The molecule has 0 radical (unpaired) electrons. The minimum Gasteiger partial charge on any atom is -0.361 e. The zero-order valence-corrected chi connectivity index (χ0v) is 8.81. The highest BCUT2D eigenvalue weighted by molar-refractivity contribution is 6.18. The summed E-state index contributed by atoms with van der Waals surface area (Å²) in [7, 11) is 0. The summed E-state index contributed by atoms with van der Waals surface area (Å²) < 4.78 is 0. The first-order valence-electron chi connectivity index (χ1n) is 4.20. The van der Waals surface area contributed by atoms with Crippen LogP contribution in [0.15, 0.2) is 22.5 Å². The van der Waals surface area contributed by atoms with Gasteiger partial charge in [-0.25, -0.2) is 0 Å². The molecule has 0 fully saturated rings. The van der Waals surface area contributed by atoms with Crippen LogP contribution in [0.3, 0.4) is 0 Å². The molecule has 3 nitrogen and oxygen atoms in total. The molecule has 14 heavy (non-hydrogen) atoms. The van der Waals surface area contributed by atoms with Crippen molar-refractivity contribution in [3.05, 3.63) is 22.5 Å². The molecule has 0 bridgehead atoms. The first kappa shape index (κ1) is 10.6. The summed E-state index contributed by atoms with van der Waals surface area (Å²) in [6.07, 6.45) is 0. The smallest absolute Gasteiger partial charge is 0.0972 e. The molecule has 0 saturated heterocycles. The van der Waals surface area contributed by atoms with Crippen molar-refractivity contribution in [2.45, 2.75) is 13.8 Å². The van der Waals surface area contributed by atoms with E-state index in [1.807, 2.05) is 13.8 Å². The van der Waals surface area contributed by atoms with Crippen LogP contribution in [0.1, 0.15) is 13.8 Å². The molecule has 0 aromatic carbocycles. The van der Waals surface area contributed by atoms with Crippen molar-refractivity contribution in [1.29, 1.82) is 10.5 Å². The summed E-state index contributed by atoms with van der Waals surface area (Å²) in [6.45, 7) is 3.63. The number of nitriles is 2. The van der Waals surface area contributed by atoms with Crippen molar-refractivity contribution in [3.63, 3.8) is 0 Å². The third kappa shape index (κ3) is 1.60. The fourth-order valence-electron chi connectivity index (χ4n) is 1.56. The van der Waals surface area contributed by atoms with Gasteiger partial charge in [0.05, 0.1) is 23.3 Å². The topological polar surface area (TPSA) is 59.6 Å². The van der Waals surface area contributed by atoms with E-state index >= 15 is 0 Å². The number of halogens is 1. The molecule has 0 aromatic heterocycles. The maximum Gasteiger partial charge on any atom is 0.0972 e. The maximum atomic E-state index is 8.92. The molecule has 72 valence electrons. The van der Waals surface area contributed by atoms with E-state index in [-0.39, 0.29) is 11.8 Å². The van der Waals surface area contributed by atoms with Crippen molar-refractivity contribution in [2.24, 2.45) is 5.92 Å². The van der Waals surface area contributed by atoms with Gasteiger partial charge < -0.3 is 5.32 Å². The quantitative estimate of drug-likeness (QED) is 0.670. The first-order valence-corrected chi connectivity index (χ1v) is 4.73. The molecule has 0 unspecified atom stereocenters. The predicted octanol–water partition coefficient (Wildman–Crippen LogP) is 2.04. The highest BCUT2D eigenvalue weighted by Gasteiger charge is 2.26. The molecule has 1 heterocycles. The highest BCUT2D eigenvalue weighted by atomic mass is 35.5. The van der Waals surface area contributed by atoms with Crippen molar-refractivity contribution in [2.75, 3.05) is 5.88 Å². The molecule has 1 aliphatic rings. The number of nitrogens with one attached hydrogen (secondary N) is 1. The van der Waals surface area contributed by atoms with Gasteiger partial charge in [0, 0.05) is 23.2 Å². The Labute approximate surface area is 88.3 Å². The molecular weight excluding hydrogens is 198 g/mol. The Bertz CT molecular complexity index is 357. The normalized spacial score (nSPS) is 17.5. The Morgan fingerprint density at radius 1 is 1.21 bits per heavy atom. The van der Waals surface area contributed by atoms with E-state index in [4.69, 9.17) is 22.1 Å². The molecule has 0 aliphatic carbocycles. The zero-order valence-electron chi connectivity index (χ0n) is 8.06. The standard InChI is InChI=1S/C10H10ClN3/c1-6-9(4-12)8(3-11)10(5-13)7(2)14-6/h8,14H,3H2,1-2H3. The number of rotatable bonds is 1. The number of allylic oxidation sites excluding steroid dienone is 4. The SMILES string of the molecule is CC1=C(C#N)C(CCl)C(C#N)=C(C)N1. The predicted molar refractivity (Wildman–Crippen MR) is 54.0 cm³/mol. The van der Waals surface area contributed by atoms with E-state index in [9.17, 15) is 0 Å². The minimum absolute atomic E-state index is 0.257. The molecular formula is C10H10ClN3. The Morgan fingerprint density at radius 2 is 1.64 bits per heavy atom. The summed E-state index contributed by atoms with van der Waals surface area (Å²) >= 11 is 5.76. The van der Waals surface area contributed by atoms with E-state index in [1.165, 1.54) is 0 Å². The summed E-state index contributed by atoms with van der Waals surface area (Å²) in [5, 5.41) is 20.8.